The zero-order valence-electron chi connectivity index (χ0n) is 16.4. The van der Waals surface area contributed by atoms with Crippen LogP contribution >= 0.6 is 0 Å². The van der Waals surface area contributed by atoms with E-state index in [1.807, 2.05) is 20.8 Å². The quantitative estimate of drug-likeness (QED) is 0.484. The highest BCUT2D eigenvalue weighted by atomic mass is 16.7. The Morgan fingerprint density at radius 3 is 2.22 bits per heavy atom. The predicted octanol–water partition coefficient (Wildman–Crippen LogP) is 2.49. The molecule has 27 heavy (non-hydrogen) atoms. The number of nitrogens with two attached hydrogens (primary N) is 1. The molecule has 0 unspecified atom stereocenters. The third-order valence-corrected chi connectivity index (χ3v) is 3.67. The van der Waals surface area contributed by atoms with E-state index in [1.54, 1.807) is 19.9 Å². The molecule has 152 valence electrons. The maximum atomic E-state index is 12.1. The first-order valence-corrected chi connectivity index (χ1v) is 8.69. The van der Waals surface area contributed by atoms with Gasteiger partial charge >= 0.3 is 12.1 Å². The predicted molar refractivity (Wildman–Crippen MR) is 98.4 cm³/mol. The molecule has 0 aliphatic rings. The van der Waals surface area contributed by atoms with Crippen molar-refractivity contribution in [2.45, 2.75) is 59.3 Å². The van der Waals surface area contributed by atoms with Gasteiger partial charge in [0.05, 0.1) is 6.61 Å². The second-order valence-corrected chi connectivity index (χ2v) is 7.70. The van der Waals surface area contributed by atoms with E-state index in [1.165, 1.54) is 12.1 Å². The van der Waals surface area contributed by atoms with Gasteiger partial charge in [-0.15, -0.1) is 0 Å². The van der Waals surface area contributed by atoms with Gasteiger partial charge in [-0.2, -0.15) is 0 Å². The van der Waals surface area contributed by atoms with Crippen LogP contribution in [-0.4, -0.2) is 47.2 Å². The van der Waals surface area contributed by atoms with Crippen molar-refractivity contribution in [1.82, 2.24) is 0 Å². The van der Waals surface area contributed by atoms with Crippen molar-refractivity contribution in [3.63, 3.8) is 0 Å². The van der Waals surface area contributed by atoms with Crippen LogP contribution in [0.2, 0.25) is 0 Å². The Labute approximate surface area is 159 Å². The van der Waals surface area contributed by atoms with Crippen LogP contribution in [0.3, 0.4) is 0 Å². The Morgan fingerprint density at radius 1 is 1.07 bits per heavy atom. The van der Waals surface area contributed by atoms with E-state index in [-0.39, 0.29) is 29.9 Å². The third-order valence-electron chi connectivity index (χ3n) is 3.67. The van der Waals surface area contributed by atoms with Gasteiger partial charge in [-0.25, -0.2) is 4.79 Å². The second-order valence-electron chi connectivity index (χ2n) is 7.70. The van der Waals surface area contributed by atoms with E-state index < -0.39 is 30.4 Å². The highest BCUT2D eigenvalue weighted by Crippen LogP contribution is 2.25. The molecular weight excluding hydrogens is 354 g/mol. The normalized spacial score (nSPS) is 14.7. The largest absolute Gasteiger partial charge is 0.508 e. The van der Waals surface area contributed by atoms with Gasteiger partial charge in [0.2, 0.25) is 0 Å². The molecule has 3 atom stereocenters. The van der Waals surface area contributed by atoms with Crippen LogP contribution in [0.1, 0.15) is 40.2 Å². The maximum Gasteiger partial charge on any atom is 0.508 e. The summed E-state index contributed by atoms with van der Waals surface area (Å²) in [4.78, 5) is 23.8. The lowest BCUT2D eigenvalue weighted by Gasteiger charge is -2.23. The molecule has 4 N–H and O–H groups in total. The molecule has 1 aromatic carbocycles. The minimum absolute atomic E-state index is 0.113. The van der Waals surface area contributed by atoms with Crippen LogP contribution in [0.5, 0.6) is 11.5 Å². The van der Waals surface area contributed by atoms with Crippen LogP contribution in [0, 0.1) is 5.41 Å². The summed E-state index contributed by atoms with van der Waals surface area (Å²) in [6, 6.07) is 3.20. The van der Waals surface area contributed by atoms with Crippen molar-refractivity contribution in [3.05, 3.63) is 23.8 Å². The van der Waals surface area contributed by atoms with Crippen molar-refractivity contribution < 1.29 is 34.0 Å². The van der Waals surface area contributed by atoms with Gasteiger partial charge in [0.1, 0.15) is 18.2 Å². The molecule has 8 heteroatoms. The number of aromatic hydroxyl groups is 2. The first-order chi connectivity index (χ1) is 12.4. The summed E-state index contributed by atoms with van der Waals surface area (Å²) >= 11 is 0. The van der Waals surface area contributed by atoms with Crippen LogP contribution in [0.25, 0.3) is 0 Å². The van der Waals surface area contributed by atoms with Gasteiger partial charge in [0, 0.05) is 0 Å². The number of esters is 1. The minimum atomic E-state index is -0.976. The molecule has 0 fully saturated rings. The number of carbonyl (C=O) groups excluding carboxylic acids is 2. The van der Waals surface area contributed by atoms with Gasteiger partial charge in [0.15, 0.2) is 11.5 Å². The number of hydrogen-bond acceptors (Lipinski definition) is 8. The lowest BCUT2D eigenvalue weighted by atomic mass is 9.99. The molecule has 1 rings (SSSR count). The Morgan fingerprint density at radius 2 is 1.67 bits per heavy atom. The SMILES string of the molecule is C[C@H](OC(=O)OCC(C)(C)C)[C@H](C)OC(=O)[C@@H](N)Cc1ccc(O)c(O)c1. The average Bonchev–Trinajstić information content (AvgIpc) is 2.55. The van der Waals surface area contributed by atoms with Crippen LogP contribution in [-0.2, 0) is 25.4 Å². The number of benzene rings is 1. The number of carbonyl (C=O) groups is 2. The highest BCUT2D eigenvalue weighted by Gasteiger charge is 2.25. The molecule has 0 saturated carbocycles. The van der Waals surface area contributed by atoms with Crippen molar-refractivity contribution in [2.24, 2.45) is 11.1 Å². The molecule has 8 nitrogen and oxygen atoms in total. The zero-order valence-corrected chi connectivity index (χ0v) is 16.4. The number of phenolic OH excluding ortho intramolecular Hbond substituents is 2. The smallest absolute Gasteiger partial charge is 0.504 e. The topological polar surface area (TPSA) is 128 Å². The minimum Gasteiger partial charge on any atom is -0.504 e. The number of rotatable bonds is 7. The van der Waals surface area contributed by atoms with E-state index in [2.05, 4.69) is 0 Å². The molecule has 0 aromatic heterocycles. The number of ether oxygens (including phenoxy) is 3. The monoisotopic (exact) mass is 383 g/mol. The molecular formula is C19H29NO7. The van der Waals surface area contributed by atoms with Gasteiger partial charge < -0.3 is 30.2 Å². The molecule has 1 aromatic rings. The average molecular weight is 383 g/mol. The van der Waals surface area contributed by atoms with Crippen molar-refractivity contribution >= 4 is 12.1 Å². The highest BCUT2D eigenvalue weighted by molar-refractivity contribution is 5.76. The van der Waals surface area contributed by atoms with Gasteiger partial charge in [-0.1, -0.05) is 26.8 Å². The standard InChI is InChI=1S/C19H29NO7/c1-11(12(2)27-18(24)25-10-19(3,4)5)26-17(23)14(20)8-13-6-7-15(21)16(22)9-13/h6-7,9,11-12,14,21-22H,8,10,20H2,1-5H3/t11-,12-,14-/m0/s1. The Kier molecular flexibility index (Phi) is 7.90. The summed E-state index contributed by atoms with van der Waals surface area (Å²) in [5, 5.41) is 18.8. The second kappa shape index (κ2) is 9.45. The molecule has 0 bridgehead atoms. The molecule has 0 aliphatic heterocycles. The van der Waals surface area contributed by atoms with E-state index in [9.17, 15) is 19.8 Å². The Bertz CT molecular complexity index is 654. The van der Waals surface area contributed by atoms with E-state index in [4.69, 9.17) is 19.9 Å². The number of phenols is 2. The van der Waals surface area contributed by atoms with Gasteiger partial charge in [-0.05, 0) is 43.4 Å². The summed E-state index contributed by atoms with van der Waals surface area (Å²) in [5.74, 6) is -1.22. The van der Waals surface area contributed by atoms with E-state index in [0.717, 1.165) is 0 Å². The fourth-order valence-corrected chi connectivity index (χ4v) is 1.96. The third kappa shape index (κ3) is 8.17. The van der Waals surface area contributed by atoms with Crippen LogP contribution in [0.4, 0.5) is 4.79 Å². The van der Waals surface area contributed by atoms with Crippen LogP contribution < -0.4 is 5.73 Å². The molecule has 0 saturated heterocycles. The van der Waals surface area contributed by atoms with E-state index in [0.29, 0.717) is 5.56 Å². The molecule has 0 aliphatic carbocycles. The van der Waals surface area contributed by atoms with Crippen LogP contribution in [0.15, 0.2) is 18.2 Å². The lowest BCUT2D eigenvalue weighted by molar-refractivity contribution is -0.155. The maximum absolute atomic E-state index is 12.1. The lowest BCUT2D eigenvalue weighted by Crippen LogP contribution is -2.39. The summed E-state index contributed by atoms with van der Waals surface area (Å²) in [6.45, 7) is 9.13. The fourth-order valence-electron chi connectivity index (χ4n) is 1.96. The summed E-state index contributed by atoms with van der Waals surface area (Å²) in [5.41, 5.74) is 6.21. The van der Waals surface area contributed by atoms with E-state index >= 15 is 0 Å². The van der Waals surface area contributed by atoms with Gasteiger partial charge in [0.25, 0.3) is 0 Å². The molecule has 0 spiro atoms. The van der Waals surface area contributed by atoms with Crippen molar-refractivity contribution in [2.75, 3.05) is 6.61 Å². The summed E-state index contributed by atoms with van der Waals surface area (Å²) < 4.78 is 15.3. The first-order valence-electron chi connectivity index (χ1n) is 8.69. The number of hydrogen-bond donors (Lipinski definition) is 3. The van der Waals surface area contributed by atoms with Crippen molar-refractivity contribution in [1.29, 1.82) is 0 Å². The first kappa shape index (κ1) is 22.6. The fraction of sp³-hybridized carbons (Fsp3) is 0.579. The summed E-state index contributed by atoms with van der Waals surface area (Å²) in [6.07, 6.45) is -2.16. The Balaban J connectivity index is 2.49. The van der Waals surface area contributed by atoms with Gasteiger partial charge in [-0.3, -0.25) is 4.79 Å². The molecule has 0 radical (unpaired) electrons. The molecule has 0 amide bonds. The summed E-state index contributed by atoms with van der Waals surface area (Å²) in [7, 11) is 0. The molecule has 0 heterocycles. The Hall–Kier alpha value is -2.48. The zero-order chi connectivity index (χ0) is 20.8. The van der Waals surface area contributed by atoms with Crippen molar-refractivity contribution in [3.8, 4) is 11.5 Å².